The highest BCUT2D eigenvalue weighted by atomic mass is 16.5. The average Bonchev–Trinajstić information content (AvgIpc) is 2.32. The Labute approximate surface area is 93.9 Å². The number of aromatic nitrogens is 2. The lowest BCUT2D eigenvalue weighted by Gasteiger charge is -2.04. The molecular formula is C12H12N2O2. The first-order valence-corrected chi connectivity index (χ1v) is 4.89. The first-order chi connectivity index (χ1) is 7.78. The van der Waals surface area contributed by atoms with Gasteiger partial charge in [-0.05, 0) is 19.1 Å². The van der Waals surface area contributed by atoms with Gasteiger partial charge in [-0.2, -0.15) is 4.98 Å². The Kier molecular flexibility index (Phi) is 3.00. The number of benzene rings is 1. The van der Waals surface area contributed by atoms with Crippen LogP contribution in [0.3, 0.4) is 0 Å². The molecule has 0 aliphatic carbocycles. The number of hydrogen-bond donors (Lipinski definition) is 0. The third kappa shape index (κ3) is 2.48. The van der Waals surface area contributed by atoms with E-state index in [-0.39, 0.29) is 6.01 Å². The Bertz CT molecular complexity index is 469. The van der Waals surface area contributed by atoms with Gasteiger partial charge in [0.25, 0.3) is 0 Å². The topological polar surface area (TPSA) is 44.2 Å². The van der Waals surface area contributed by atoms with E-state index in [1.165, 1.54) is 5.56 Å². The fourth-order valence-corrected chi connectivity index (χ4v) is 1.20. The van der Waals surface area contributed by atoms with E-state index in [4.69, 9.17) is 9.47 Å². The van der Waals surface area contributed by atoms with Crippen LogP contribution in [0.4, 0.5) is 0 Å². The molecule has 1 aromatic carbocycles. The lowest BCUT2D eigenvalue weighted by molar-refractivity contribution is 0.376. The summed E-state index contributed by atoms with van der Waals surface area (Å²) in [6, 6.07) is 9.63. The minimum Gasteiger partial charge on any atom is -0.481 e. The van der Waals surface area contributed by atoms with Gasteiger partial charge in [0.15, 0.2) is 0 Å². The van der Waals surface area contributed by atoms with E-state index in [0.29, 0.717) is 11.6 Å². The molecule has 0 saturated heterocycles. The average molecular weight is 216 g/mol. The number of hydrogen-bond acceptors (Lipinski definition) is 4. The van der Waals surface area contributed by atoms with Crippen LogP contribution in [0, 0.1) is 6.92 Å². The molecule has 0 spiro atoms. The van der Waals surface area contributed by atoms with Gasteiger partial charge in [0.05, 0.1) is 7.11 Å². The largest absolute Gasteiger partial charge is 0.481 e. The summed E-state index contributed by atoms with van der Waals surface area (Å²) >= 11 is 0. The summed E-state index contributed by atoms with van der Waals surface area (Å²) < 4.78 is 10.5. The Morgan fingerprint density at radius 3 is 2.50 bits per heavy atom. The molecule has 0 bridgehead atoms. The van der Waals surface area contributed by atoms with Crippen molar-refractivity contribution in [2.75, 3.05) is 7.11 Å². The summed E-state index contributed by atoms with van der Waals surface area (Å²) in [5.74, 6) is 1.19. The molecule has 2 aromatic rings. The molecule has 0 fully saturated rings. The molecule has 4 nitrogen and oxygen atoms in total. The van der Waals surface area contributed by atoms with Crippen LogP contribution in [0.25, 0.3) is 0 Å². The van der Waals surface area contributed by atoms with Crippen molar-refractivity contribution >= 4 is 0 Å². The zero-order valence-corrected chi connectivity index (χ0v) is 9.18. The van der Waals surface area contributed by atoms with Gasteiger partial charge >= 0.3 is 6.01 Å². The second kappa shape index (κ2) is 4.61. The van der Waals surface area contributed by atoms with Crippen molar-refractivity contribution in [3.8, 4) is 17.6 Å². The lowest BCUT2D eigenvalue weighted by atomic mass is 10.2. The van der Waals surface area contributed by atoms with Crippen LogP contribution in [0.5, 0.6) is 17.6 Å². The Morgan fingerprint density at radius 1 is 1.06 bits per heavy atom. The van der Waals surface area contributed by atoms with E-state index in [2.05, 4.69) is 9.97 Å². The van der Waals surface area contributed by atoms with Gasteiger partial charge < -0.3 is 9.47 Å². The molecule has 4 heteroatoms. The Morgan fingerprint density at radius 2 is 1.81 bits per heavy atom. The van der Waals surface area contributed by atoms with Gasteiger partial charge in [0, 0.05) is 12.3 Å². The fourth-order valence-electron chi connectivity index (χ4n) is 1.20. The number of aryl methyl sites for hydroxylation is 1. The second-order valence-electron chi connectivity index (χ2n) is 3.30. The number of nitrogens with zero attached hydrogens (tertiary/aromatic N) is 2. The third-order valence-electron chi connectivity index (χ3n) is 2.05. The van der Waals surface area contributed by atoms with Crippen LogP contribution in [-0.2, 0) is 0 Å². The predicted octanol–water partition coefficient (Wildman–Crippen LogP) is 2.59. The summed E-state index contributed by atoms with van der Waals surface area (Å²) in [7, 11) is 1.55. The predicted molar refractivity (Wildman–Crippen MR) is 59.8 cm³/mol. The molecule has 1 heterocycles. The smallest absolute Gasteiger partial charge is 0.325 e. The minimum absolute atomic E-state index is 0.281. The van der Waals surface area contributed by atoms with Crippen molar-refractivity contribution < 1.29 is 9.47 Å². The molecule has 0 unspecified atom stereocenters. The second-order valence-corrected chi connectivity index (χ2v) is 3.30. The molecule has 0 N–H and O–H groups in total. The van der Waals surface area contributed by atoms with Crippen LogP contribution in [0.15, 0.2) is 36.5 Å². The van der Waals surface area contributed by atoms with Crippen molar-refractivity contribution in [1.82, 2.24) is 9.97 Å². The maximum absolute atomic E-state index is 5.47. The van der Waals surface area contributed by atoms with Crippen molar-refractivity contribution in [2.45, 2.75) is 6.92 Å². The van der Waals surface area contributed by atoms with Gasteiger partial charge in [-0.1, -0.05) is 17.7 Å². The maximum Gasteiger partial charge on any atom is 0.325 e. The molecule has 0 atom stereocenters. The Balaban J connectivity index is 2.16. The summed E-state index contributed by atoms with van der Waals surface area (Å²) in [5, 5.41) is 0. The standard InChI is InChI=1S/C12H12N2O2/c1-9-3-5-10(6-4-9)16-12-13-8-7-11(14-12)15-2/h3-8H,1-2H3. The van der Waals surface area contributed by atoms with Gasteiger partial charge in [0.1, 0.15) is 5.75 Å². The SMILES string of the molecule is COc1ccnc(Oc2ccc(C)cc2)n1. The highest BCUT2D eigenvalue weighted by molar-refractivity contribution is 5.28. The van der Waals surface area contributed by atoms with E-state index >= 15 is 0 Å². The summed E-state index contributed by atoms with van der Waals surface area (Å²) in [6.07, 6.45) is 1.59. The van der Waals surface area contributed by atoms with Gasteiger partial charge in [-0.15, -0.1) is 0 Å². The molecule has 0 aliphatic heterocycles. The molecule has 16 heavy (non-hydrogen) atoms. The van der Waals surface area contributed by atoms with Crippen molar-refractivity contribution in [3.63, 3.8) is 0 Å². The van der Waals surface area contributed by atoms with Crippen molar-refractivity contribution in [1.29, 1.82) is 0 Å². The Hall–Kier alpha value is -2.10. The molecule has 0 radical (unpaired) electrons. The summed E-state index contributed by atoms with van der Waals surface area (Å²) in [6.45, 7) is 2.02. The van der Waals surface area contributed by atoms with Gasteiger partial charge in [0.2, 0.25) is 5.88 Å². The zero-order valence-electron chi connectivity index (χ0n) is 9.18. The first-order valence-electron chi connectivity index (χ1n) is 4.89. The normalized spacial score (nSPS) is 9.88. The molecule has 82 valence electrons. The van der Waals surface area contributed by atoms with Crippen molar-refractivity contribution in [2.24, 2.45) is 0 Å². The summed E-state index contributed by atoms with van der Waals surface area (Å²) in [4.78, 5) is 8.05. The van der Waals surface area contributed by atoms with E-state index in [1.807, 2.05) is 31.2 Å². The zero-order chi connectivity index (χ0) is 11.4. The van der Waals surface area contributed by atoms with Crippen molar-refractivity contribution in [3.05, 3.63) is 42.1 Å². The molecule has 0 saturated carbocycles. The molecule has 0 aliphatic rings. The quantitative estimate of drug-likeness (QED) is 0.791. The first kappa shape index (κ1) is 10.4. The highest BCUT2D eigenvalue weighted by Crippen LogP contribution is 2.19. The molecule has 0 amide bonds. The fraction of sp³-hybridized carbons (Fsp3) is 0.167. The van der Waals surface area contributed by atoms with Crippen LogP contribution < -0.4 is 9.47 Å². The van der Waals surface area contributed by atoms with E-state index < -0.39 is 0 Å². The molecule has 1 aromatic heterocycles. The van der Waals surface area contributed by atoms with Crippen LogP contribution in [0.1, 0.15) is 5.56 Å². The highest BCUT2D eigenvalue weighted by Gasteiger charge is 2.01. The number of ether oxygens (including phenoxy) is 2. The van der Waals surface area contributed by atoms with E-state index in [9.17, 15) is 0 Å². The van der Waals surface area contributed by atoms with Crippen LogP contribution in [-0.4, -0.2) is 17.1 Å². The number of methoxy groups -OCH3 is 1. The summed E-state index contributed by atoms with van der Waals surface area (Å²) in [5.41, 5.74) is 1.18. The maximum atomic E-state index is 5.47. The monoisotopic (exact) mass is 216 g/mol. The van der Waals surface area contributed by atoms with Crippen LogP contribution in [0.2, 0.25) is 0 Å². The van der Waals surface area contributed by atoms with E-state index in [1.54, 1.807) is 19.4 Å². The minimum atomic E-state index is 0.281. The molecular weight excluding hydrogens is 204 g/mol. The van der Waals surface area contributed by atoms with Gasteiger partial charge in [-0.3, -0.25) is 0 Å². The molecule has 2 rings (SSSR count). The lowest BCUT2D eigenvalue weighted by Crippen LogP contribution is -1.94. The van der Waals surface area contributed by atoms with E-state index in [0.717, 1.165) is 0 Å². The van der Waals surface area contributed by atoms with Gasteiger partial charge in [-0.25, -0.2) is 4.98 Å². The third-order valence-corrected chi connectivity index (χ3v) is 2.05. The number of rotatable bonds is 3. The van der Waals surface area contributed by atoms with Crippen LogP contribution >= 0.6 is 0 Å².